The number of rotatable bonds is 7. The summed E-state index contributed by atoms with van der Waals surface area (Å²) in [5, 5.41) is 3.48. The van der Waals surface area contributed by atoms with Gasteiger partial charge < -0.3 is 29.7 Å². The Balaban J connectivity index is 1.58. The lowest BCUT2D eigenvalue weighted by Crippen LogP contribution is -2.54. The van der Waals surface area contributed by atoms with Gasteiger partial charge in [0.25, 0.3) is 0 Å². The van der Waals surface area contributed by atoms with Crippen molar-refractivity contribution in [2.24, 2.45) is 4.99 Å². The van der Waals surface area contributed by atoms with Gasteiger partial charge in [-0.15, -0.1) is 0 Å². The fourth-order valence-corrected chi connectivity index (χ4v) is 3.64. The highest BCUT2D eigenvalue weighted by molar-refractivity contribution is 5.80. The zero-order valence-electron chi connectivity index (χ0n) is 17.5. The quantitative estimate of drug-likeness (QED) is 0.398. The minimum absolute atomic E-state index is 0.208. The van der Waals surface area contributed by atoms with E-state index in [0.29, 0.717) is 19.7 Å². The largest absolute Gasteiger partial charge is 0.450 e. The monoisotopic (exact) mass is 382 g/mol. The molecule has 0 bridgehead atoms. The second-order valence-corrected chi connectivity index (χ2v) is 7.13. The molecule has 0 saturated carbocycles. The number of hydrogen-bond donors (Lipinski definition) is 1. The van der Waals surface area contributed by atoms with Crippen LogP contribution in [0.3, 0.4) is 0 Å². The minimum atomic E-state index is -0.208. The average Bonchev–Trinajstić information content (AvgIpc) is 2.71. The summed E-state index contributed by atoms with van der Waals surface area (Å²) in [4.78, 5) is 25.3. The number of nitrogens with one attached hydrogen (secondary N) is 1. The third-order valence-corrected chi connectivity index (χ3v) is 5.41. The number of piperazine rings is 2. The first-order valence-electron chi connectivity index (χ1n) is 10.5. The van der Waals surface area contributed by atoms with Gasteiger partial charge in [-0.05, 0) is 32.9 Å². The van der Waals surface area contributed by atoms with Gasteiger partial charge in [0.15, 0.2) is 5.96 Å². The van der Waals surface area contributed by atoms with Crippen LogP contribution in [0.25, 0.3) is 0 Å². The van der Waals surface area contributed by atoms with Crippen molar-refractivity contribution in [3.63, 3.8) is 0 Å². The first-order valence-corrected chi connectivity index (χ1v) is 10.5. The van der Waals surface area contributed by atoms with Crippen LogP contribution in [0.4, 0.5) is 4.79 Å². The molecule has 0 unspecified atom stereocenters. The van der Waals surface area contributed by atoms with Crippen LogP contribution in [0.2, 0.25) is 0 Å². The molecule has 156 valence electrons. The van der Waals surface area contributed by atoms with E-state index in [1.807, 2.05) is 14.0 Å². The Kier molecular flexibility index (Phi) is 9.69. The van der Waals surface area contributed by atoms with Crippen molar-refractivity contribution in [2.45, 2.75) is 26.7 Å². The SMILES string of the molecule is CCOC(=O)N1CCN(C(=NC)NCCCCN2CCN(CC)CC2)CC1. The van der Waals surface area contributed by atoms with Crippen LogP contribution in [0.5, 0.6) is 0 Å². The Labute approximate surface area is 164 Å². The molecule has 27 heavy (non-hydrogen) atoms. The molecule has 2 aliphatic heterocycles. The fraction of sp³-hybridized carbons (Fsp3) is 0.895. The number of likely N-dealkylation sites (N-methyl/N-ethyl adjacent to an activating group) is 1. The summed E-state index contributed by atoms with van der Waals surface area (Å²) in [5.74, 6) is 0.940. The van der Waals surface area contributed by atoms with E-state index in [1.54, 1.807) is 4.90 Å². The topological polar surface area (TPSA) is 63.7 Å². The third kappa shape index (κ3) is 7.18. The average molecular weight is 383 g/mol. The first-order chi connectivity index (χ1) is 13.2. The molecule has 0 aromatic carbocycles. The highest BCUT2D eigenvalue weighted by Gasteiger charge is 2.23. The van der Waals surface area contributed by atoms with E-state index in [4.69, 9.17) is 4.74 Å². The van der Waals surface area contributed by atoms with E-state index in [9.17, 15) is 4.79 Å². The van der Waals surface area contributed by atoms with Crippen LogP contribution in [0.15, 0.2) is 4.99 Å². The molecule has 2 saturated heterocycles. The number of unbranched alkanes of at least 4 members (excludes halogenated alkanes) is 1. The Morgan fingerprint density at radius 2 is 1.56 bits per heavy atom. The number of hydrogen-bond acceptors (Lipinski definition) is 5. The number of carbonyl (C=O) groups excluding carboxylic acids is 1. The smallest absolute Gasteiger partial charge is 0.409 e. The molecular formula is C19H38N6O2. The van der Waals surface area contributed by atoms with Gasteiger partial charge in [0.2, 0.25) is 0 Å². The number of carbonyl (C=O) groups is 1. The second kappa shape index (κ2) is 12.0. The zero-order chi connectivity index (χ0) is 19.5. The van der Waals surface area contributed by atoms with Crippen LogP contribution in [-0.2, 0) is 4.74 Å². The van der Waals surface area contributed by atoms with Gasteiger partial charge in [0.1, 0.15) is 0 Å². The number of ether oxygens (including phenoxy) is 1. The molecule has 0 aromatic heterocycles. The normalized spacial score (nSPS) is 20.0. The van der Waals surface area contributed by atoms with E-state index in [0.717, 1.165) is 32.0 Å². The molecule has 0 radical (unpaired) electrons. The lowest BCUT2D eigenvalue weighted by molar-refractivity contribution is 0.0914. The summed E-state index contributed by atoms with van der Waals surface area (Å²) in [6.45, 7) is 15.6. The van der Waals surface area contributed by atoms with Crippen LogP contribution in [0.1, 0.15) is 26.7 Å². The molecule has 0 atom stereocenters. The van der Waals surface area contributed by atoms with Crippen molar-refractivity contribution in [1.29, 1.82) is 0 Å². The summed E-state index contributed by atoms with van der Waals surface area (Å²) in [5.41, 5.74) is 0. The predicted molar refractivity (Wildman–Crippen MR) is 109 cm³/mol. The van der Waals surface area contributed by atoms with E-state index in [2.05, 4.69) is 31.9 Å². The lowest BCUT2D eigenvalue weighted by atomic mass is 10.2. The van der Waals surface area contributed by atoms with E-state index < -0.39 is 0 Å². The minimum Gasteiger partial charge on any atom is -0.450 e. The molecule has 8 heteroatoms. The van der Waals surface area contributed by atoms with Crippen LogP contribution in [0, 0.1) is 0 Å². The van der Waals surface area contributed by atoms with E-state index in [-0.39, 0.29) is 6.09 Å². The number of nitrogens with zero attached hydrogens (tertiary/aromatic N) is 5. The van der Waals surface area contributed by atoms with Gasteiger partial charge in [-0.1, -0.05) is 6.92 Å². The van der Waals surface area contributed by atoms with E-state index in [1.165, 1.54) is 45.7 Å². The molecule has 0 aromatic rings. The maximum absolute atomic E-state index is 11.8. The highest BCUT2D eigenvalue weighted by Crippen LogP contribution is 2.05. The summed E-state index contributed by atoms with van der Waals surface area (Å²) in [7, 11) is 1.83. The fourth-order valence-electron chi connectivity index (χ4n) is 3.64. The number of guanidine groups is 1. The lowest BCUT2D eigenvalue weighted by Gasteiger charge is -2.36. The van der Waals surface area contributed by atoms with Crippen molar-refractivity contribution in [1.82, 2.24) is 24.9 Å². The maximum atomic E-state index is 11.8. The van der Waals surface area contributed by atoms with Gasteiger partial charge in [-0.2, -0.15) is 0 Å². The van der Waals surface area contributed by atoms with Crippen molar-refractivity contribution in [3.05, 3.63) is 0 Å². The molecule has 2 fully saturated rings. The van der Waals surface area contributed by atoms with Gasteiger partial charge >= 0.3 is 6.09 Å². The molecule has 0 aliphatic carbocycles. The molecular weight excluding hydrogens is 344 g/mol. The summed E-state index contributed by atoms with van der Waals surface area (Å²) < 4.78 is 5.07. The van der Waals surface area contributed by atoms with Crippen LogP contribution < -0.4 is 5.32 Å². The Morgan fingerprint density at radius 1 is 0.926 bits per heavy atom. The van der Waals surface area contributed by atoms with Crippen LogP contribution in [-0.4, -0.2) is 117 Å². The third-order valence-electron chi connectivity index (χ3n) is 5.41. The van der Waals surface area contributed by atoms with Crippen molar-refractivity contribution < 1.29 is 9.53 Å². The van der Waals surface area contributed by atoms with Gasteiger partial charge in [-0.25, -0.2) is 4.79 Å². The number of amides is 1. The molecule has 1 amide bonds. The van der Waals surface area contributed by atoms with Crippen molar-refractivity contribution in [3.8, 4) is 0 Å². The standard InChI is InChI=1S/C19H38N6O2/c1-4-22-10-12-23(13-11-22)9-7-6-8-21-18(20-3)24-14-16-25(17-15-24)19(26)27-5-2/h4-17H2,1-3H3,(H,20,21). The molecule has 1 N–H and O–H groups in total. The Bertz CT molecular complexity index is 457. The zero-order valence-corrected chi connectivity index (χ0v) is 17.5. The second-order valence-electron chi connectivity index (χ2n) is 7.13. The Hall–Kier alpha value is -1.54. The molecule has 0 spiro atoms. The summed E-state index contributed by atoms with van der Waals surface area (Å²) in [6.07, 6.45) is 2.16. The van der Waals surface area contributed by atoms with Gasteiger partial charge in [0.05, 0.1) is 6.61 Å². The maximum Gasteiger partial charge on any atom is 0.409 e. The van der Waals surface area contributed by atoms with Crippen molar-refractivity contribution in [2.75, 3.05) is 85.6 Å². The van der Waals surface area contributed by atoms with Crippen LogP contribution >= 0.6 is 0 Å². The molecule has 8 nitrogen and oxygen atoms in total. The number of aliphatic imine (C=N–C) groups is 1. The highest BCUT2D eigenvalue weighted by atomic mass is 16.6. The molecule has 2 rings (SSSR count). The molecule has 2 heterocycles. The summed E-state index contributed by atoms with van der Waals surface area (Å²) in [6, 6.07) is 0. The Morgan fingerprint density at radius 3 is 2.15 bits per heavy atom. The van der Waals surface area contributed by atoms with Gasteiger partial charge in [-0.3, -0.25) is 4.99 Å². The summed E-state index contributed by atoms with van der Waals surface area (Å²) >= 11 is 0. The predicted octanol–water partition coefficient (Wildman–Crippen LogP) is 0.754. The molecule has 2 aliphatic rings. The van der Waals surface area contributed by atoms with Gasteiger partial charge in [0, 0.05) is 66.0 Å². The van der Waals surface area contributed by atoms with E-state index >= 15 is 0 Å². The first kappa shape index (κ1) is 21.8. The van der Waals surface area contributed by atoms with Crippen molar-refractivity contribution >= 4 is 12.1 Å².